The van der Waals surface area contributed by atoms with Crippen LogP contribution in [0.4, 0.5) is 28.4 Å². The highest BCUT2D eigenvalue weighted by atomic mass is 16.2. The van der Waals surface area contributed by atoms with Crippen LogP contribution >= 0.6 is 0 Å². The van der Waals surface area contributed by atoms with Gasteiger partial charge in [0.2, 0.25) is 17.7 Å². The van der Waals surface area contributed by atoms with Crippen LogP contribution in [0.1, 0.15) is 93.4 Å². The second-order valence-electron chi connectivity index (χ2n) is 13.6. The maximum Gasteiger partial charge on any atom is 0.251 e. The molecular formula is C42H48N6O4. The summed E-state index contributed by atoms with van der Waals surface area (Å²) in [7, 11) is 0. The second-order valence-corrected chi connectivity index (χ2v) is 13.6. The number of benzene rings is 4. The van der Waals surface area contributed by atoms with Gasteiger partial charge in [-0.3, -0.25) is 19.2 Å². The molecule has 0 spiro atoms. The quantitative estimate of drug-likeness (QED) is 0.127. The summed E-state index contributed by atoms with van der Waals surface area (Å²) >= 11 is 0. The van der Waals surface area contributed by atoms with Gasteiger partial charge in [0.25, 0.3) is 5.91 Å². The summed E-state index contributed by atoms with van der Waals surface area (Å²) in [4.78, 5) is 54.7. The van der Waals surface area contributed by atoms with Crippen LogP contribution in [-0.2, 0) is 14.4 Å². The molecule has 0 bridgehead atoms. The SMILES string of the molecule is CCC(=O)N1c2ccccc2[C@H](Nc2ccc(NC(=O)CCNC(=O)c3ccc(N[C@@H]4C[C@H](C)N(C(=O)CC)c5ccccc54)cc3)cc2)C[C@@H]1C. The molecule has 0 fully saturated rings. The Morgan fingerprint density at radius 1 is 0.615 bits per heavy atom. The number of carbonyl (C=O) groups is 4. The highest BCUT2D eigenvalue weighted by Crippen LogP contribution is 2.40. The van der Waals surface area contributed by atoms with E-state index >= 15 is 0 Å². The zero-order valence-corrected chi connectivity index (χ0v) is 30.3. The normalized spacial score (nSPS) is 19.2. The van der Waals surface area contributed by atoms with E-state index in [0.717, 1.165) is 46.7 Å². The average molecular weight is 701 g/mol. The number of fused-ring (bicyclic) bond motifs is 2. The molecule has 10 nitrogen and oxygen atoms in total. The summed E-state index contributed by atoms with van der Waals surface area (Å²) in [5.74, 6) is -0.208. The maximum absolute atomic E-state index is 12.9. The molecule has 4 aromatic rings. The fourth-order valence-electron chi connectivity index (χ4n) is 7.38. The lowest BCUT2D eigenvalue weighted by atomic mass is 9.91. The van der Waals surface area contributed by atoms with Gasteiger partial charge in [-0.15, -0.1) is 0 Å². The number of hydrogen-bond donors (Lipinski definition) is 4. The smallest absolute Gasteiger partial charge is 0.251 e. The number of rotatable bonds is 11. The zero-order chi connectivity index (χ0) is 36.8. The van der Waals surface area contributed by atoms with E-state index in [1.807, 2.05) is 96.4 Å². The van der Waals surface area contributed by atoms with Crippen LogP contribution < -0.4 is 31.1 Å². The Kier molecular flexibility index (Phi) is 11.2. The first-order valence-electron chi connectivity index (χ1n) is 18.3. The third-order valence-corrected chi connectivity index (χ3v) is 9.96. The van der Waals surface area contributed by atoms with Gasteiger partial charge in [-0.05, 0) is 98.5 Å². The lowest BCUT2D eigenvalue weighted by Gasteiger charge is -2.40. The molecule has 0 aliphatic carbocycles. The van der Waals surface area contributed by atoms with Crippen molar-refractivity contribution >= 4 is 52.1 Å². The Labute approximate surface area is 306 Å². The largest absolute Gasteiger partial charge is 0.378 e. The van der Waals surface area contributed by atoms with Gasteiger partial charge in [0.1, 0.15) is 0 Å². The number of hydrogen-bond acceptors (Lipinski definition) is 6. The first-order valence-corrected chi connectivity index (χ1v) is 18.3. The zero-order valence-electron chi connectivity index (χ0n) is 30.3. The minimum atomic E-state index is -0.249. The number of para-hydroxylation sites is 2. The first-order chi connectivity index (χ1) is 25.2. The van der Waals surface area contributed by atoms with E-state index in [-0.39, 0.29) is 60.8 Å². The Bertz CT molecular complexity index is 1910. The van der Waals surface area contributed by atoms with Gasteiger partial charge in [-0.1, -0.05) is 50.2 Å². The van der Waals surface area contributed by atoms with Gasteiger partial charge in [0, 0.05) is 71.9 Å². The molecule has 2 heterocycles. The molecule has 2 aliphatic rings. The fraction of sp³-hybridized carbons (Fsp3) is 0.333. The molecule has 4 amide bonds. The summed E-state index contributed by atoms with van der Waals surface area (Å²) in [5, 5.41) is 13.0. The molecule has 52 heavy (non-hydrogen) atoms. The van der Waals surface area contributed by atoms with Crippen molar-refractivity contribution in [3.8, 4) is 0 Å². The summed E-state index contributed by atoms with van der Waals surface area (Å²) in [6.45, 7) is 8.13. The molecule has 4 atom stereocenters. The summed E-state index contributed by atoms with van der Waals surface area (Å²) in [5.41, 5.74) is 7.03. The highest BCUT2D eigenvalue weighted by Gasteiger charge is 2.34. The lowest BCUT2D eigenvalue weighted by molar-refractivity contribution is -0.119. The molecule has 0 saturated carbocycles. The fourth-order valence-corrected chi connectivity index (χ4v) is 7.38. The van der Waals surface area contributed by atoms with Crippen LogP contribution in [0.15, 0.2) is 97.1 Å². The molecule has 0 aromatic heterocycles. The Balaban J connectivity index is 0.971. The summed E-state index contributed by atoms with van der Waals surface area (Å²) in [6, 6.07) is 31.1. The van der Waals surface area contributed by atoms with Crippen molar-refractivity contribution in [2.75, 3.05) is 32.3 Å². The highest BCUT2D eigenvalue weighted by molar-refractivity contribution is 5.97. The number of anilines is 5. The van der Waals surface area contributed by atoms with Crippen LogP contribution in [0, 0.1) is 0 Å². The number of amides is 4. The molecule has 2 aliphatic heterocycles. The predicted octanol–water partition coefficient (Wildman–Crippen LogP) is 7.82. The van der Waals surface area contributed by atoms with E-state index < -0.39 is 0 Å². The standard InChI is InChI=1S/C42H48N6O4/c1-5-40(50)47-27(3)25-35(33-11-7-9-13-37(33)47)44-30-17-15-29(16-18-30)42(52)43-24-23-39(49)46-32-21-19-31(20-22-32)45-36-26-28(4)48(41(51)6-2)38-14-10-8-12-34(36)38/h7-22,27-28,35-36,44-45H,5-6,23-26H2,1-4H3,(H,43,52)(H,46,49)/t27-,28-,35+,36+/m0/s1. The number of carbonyl (C=O) groups excluding carboxylic acids is 4. The van der Waals surface area contributed by atoms with E-state index in [4.69, 9.17) is 0 Å². The van der Waals surface area contributed by atoms with E-state index in [9.17, 15) is 19.2 Å². The summed E-state index contributed by atoms with van der Waals surface area (Å²) in [6.07, 6.45) is 2.60. The van der Waals surface area contributed by atoms with Crippen molar-refractivity contribution in [3.05, 3.63) is 114 Å². The van der Waals surface area contributed by atoms with Crippen molar-refractivity contribution in [1.82, 2.24) is 5.32 Å². The molecule has 4 N–H and O–H groups in total. The van der Waals surface area contributed by atoms with Gasteiger partial charge in [-0.2, -0.15) is 0 Å². The Hall–Kier alpha value is -5.64. The van der Waals surface area contributed by atoms with E-state index in [2.05, 4.69) is 47.2 Å². The molecule has 0 saturated heterocycles. The van der Waals surface area contributed by atoms with Crippen molar-refractivity contribution in [1.29, 1.82) is 0 Å². The third-order valence-electron chi connectivity index (χ3n) is 9.96. The minimum Gasteiger partial charge on any atom is -0.378 e. The molecule has 270 valence electrons. The lowest BCUT2D eigenvalue weighted by Crippen LogP contribution is -2.44. The number of nitrogens with one attached hydrogen (secondary N) is 4. The van der Waals surface area contributed by atoms with Gasteiger partial charge >= 0.3 is 0 Å². The van der Waals surface area contributed by atoms with Gasteiger partial charge in [-0.25, -0.2) is 0 Å². The topological polar surface area (TPSA) is 123 Å². The maximum atomic E-state index is 12.9. The monoisotopic (exact) mass is 700 g/mol. The van der Waals surface area contributed by atoms with Crippen LogP contribution in [0.25, 0.3) is 0 Å². The second kappa shape index (κ2) is 16.1. The number of nitrogens with zero attached hydrogens (tertiary/aromatic N) is 2. The van der Waals surface area contributed by atoms with Gasteiger partial charge in [0.15, 0.2) is 0 Å². The van der Waals surface area contributed by atoms with Crippen LogP contribution in [-0.4, -0.2) is 42.3 Å². The molecule has 0 unspecified atom stereocenters. The van der Waals surface area contributed by atoms with E-state index in [0.29, 0.717) is 24.1 Å². The van der Waals surface area contributed by atoms with Crippen molar-refractivity contribution < 1.29 is 19.2 Å². The van der Waals surface area contributed by atoms with Crippen LogP contribution in [0.3, 0.4) is 0 Å². The van der Waals surface area contributed by atoms with Crippen molar-refractivity contribution in [2.45, 2.75) is 84.0 Å². The van der Waals surface area contributed by atoms with Crippen molar-refractivity contribution in [2.24, 2.45) is 0 Å². The molecule has 10 heteroatoms. The molecule has 6 rings (SSSR count). The predicted molar refractivity (Wildman–Crippen MR) is 208 cm³/mol. The average Bonchev–Trinajstić information content (AvgIpc) is 3.15. The van der Waals surface area contributed by atoms with E-state index in [1.54, 1.807) is 12.1 Å². The molecular weight excluding hydrogens is 652 g/mol. The Morgan fingerprint density at radius 3 is 1.54 bits per heavy atom. The van der Waals surface area contributed by atoms with E-state index in [1.165, 1.54) is 0 Å². The van der Waals surface area contributed by atoms with Crippen LogP contribution in [0.5, 0.6) is 0 Å². The van der Waals surface area contributed by atoms with Crippen molar-refractivity contribution in [3.63, 3.8) is 0 Å². The molecule has 4 aromatic carbocycles. The minimum absolute atomic E-state index is 0.0286. The summed E-state index contributed by atoms with van der Waals surface area (Å²) < 4.78 is 0. The first kappa shape index (κ1) is 36.2. The Morgan fingerprint density at radius 2 is 1.06 bits per heavy atom. The van der Waals surface area contributed by atoms with Crippen LogP contribution in [0.2, 0.25) is 0 Å². The van der Waals surface area contributed by atoms with Gasteiger partial charge < -0.3 is 31.1 Å². The van der Waals surface area contributed by atoms with Gasteiger partial charge in [0.05, 0.1) is 12.1 Å². The third kappa shape index (κ3) is 7.96. The molecule has 0 radical (unpaired) electrons.